The second-order valence-corrected chi connectivity index (χ2v) is 22.6. The van der Waals surface area contributed by atoms with Gasteiger partial charge in [-0.2, -0.15) is 0 Å². The number of fused-ring (bicyclic) bond motifs is 7. The van der Waals surface area contributed by atoms with Crippen LogP contribution >= 0.6 is 0 Å². The van der Waals surface area contributed by atoms with E-state index < -0.39 is 109 Å². The Kier molecular flexibility index (Phi) is 12.5. The van der Waals surface area contributed by atoms with E-state index in [2.05, 4.69) is 54.5 Å². The van der Waals surface area contributed by atoms with Gasteiger partial charge in [-0.25, -0.2) is 0 Å². The van der Waals surface area contributed by atoms with Gasteiger partial charge in [0.2, 0.25) is 0 Å². The van der Waals surface area contributed by atoms with Gasteiger partial charge < -0.3 is 74.4 Å². The van der Waals surface area contributed by atoms with E-state index in [-0.39, 0.29) is 46.7 Å². The molecule has 16 heteroatoms. The zero-order chi connectivity index (χ0) is 45.1. The van der Waals surface area contributed by atoms with Gasteiger partial charge in [0, 0.05) is 0 Å². The first-order valence-corrected chi connectivity index (χ1v) is 23.1. The standard InChI is InChI=1S/C46H74O16/c1-41(2)14-16-46(40(55)56)17-15-44(6)22(23(46)18-41)8-9-28-43(5)12-11-29(42(3,4)27(43)10-13-45(28,44)7)60-39-36(62-38-34(54)32(52)31(51)26(19-47)59-38)35(25(49)21-58-39)61-37-33(53)30(50)24(48)20-57-37/h8,23-39,47-54H,9-21H2,1-7H3,(H,55,56)/t23-,24-,25-,26+,27-,28+,29-,30-,31+,32-,33+,34+,35-,36+,37-,38-,39-,43-,44+,45+,46-/m0/s1. The lowest BCUT2D eigenvalue weighted by atomic mass is 9.33. The molecule has 0 aromatic rings. The normalized spacial score (nSPS) is 53.6. The number of rotatable bonds is 8. The van der Waals surface area contributed by atoms with E-state index in [0.717, 1.165) is 51.4 Å². The van der Waals surface area contributed by atoms with Crippen LogP contribution in [0.1, 0.15) is 113 Å². The van der Waals surface area contributed by atoms with Crippen LogP contribution in [0.15, 0.2) is 11.6 Å². The number of aliphatic hydroxyl groups is 8. The largest absolute Gasteiger partial charge is 0.481 e. The summed E-state index contributed by atoms with van der Waals surface area (Å²) in [6.07, 6.45) is -9.39. The van der Waals surface area contributed by atoms with Crippen LogP contribution in [0, 0.1) is 50.2 Å². The molecule has 0 amide bonds. The molecule has 0 unspecified atom stereocenters. The summed E-state index contributed by atoms with van der Waals surface area (Å²) in [5.41, 5.74) is 0.0518. The van der Waals surface area contributed by atoms with Gasteiger partial charge in [0.1, 0.15) is 61.0 Å². The Morgan fingerprint density at radius 2 is 1.34 bits per heavy atom. The van der Waals surface area contributed by atoms with Gasteiger partial charge in [0.15, 0.2) is 18.9 Å². The summed E-state index contributed by atoms with van der Waals surface area (Å²) < 4.78 is 36.8. The van der Waals surface area contributed by atoms with Crippen LogP contribution in [-0.2, 0) is 33.2 Å². The topological polar surface area (TPSA) is 255 Å². The highest BCUT2D eigenvalue weighted by Gasteiger charge is 2.70. The Hall–Kier alpha value is -1.35. The Bertz CT molecular complexity index is 1690. The van der Waals surface area contributed by atoms with Gasteiger partial charge in [0.25, 0.3) is 0 Å². The molecule has 3 aliphatic heterocycles. The predicted molar refractivity (Wildman–Crippen MR) is 219 cm³/mol. The van der Waals surface area contributed by atoms with Crippen molar-refractivity contribution in [1.82, 2.24) is 0 Å². The predicted octanol–water partition coefficient (Wildman–Crippen LogP) is 1.98. The fourth-order valence-electron chi connectivity index (χ4n) is 14.6. The highest BCUT2D eigenvalue weighted by Crippen LogP contribution is 2.76. The van der Waals surface area contributed by atoms with Crippen LogP contribution in [0.3, 0.4) is 0 Å². The molecular weight excluding hydrogens is 808 g/mol. The van der Waals surface area contributed by atoms with E-state index in [1.807, 2.05) is 0 Å². The molecule has 3 saturated heterocycles. The quantitative estimate of drug-likeness (QED) is 0.125. The fraction of sp³-hybridized carbons (Fsp3) is 0.935. The lowest BCUT2D eigenvalue weighted by molar-refractivity contribution is -0.385. The average molecular weight is 883 g/mol. The summed E-state index contributed by atoms with van der Waals surface area (Å²) >= 11 is 0. The molecule has 16 nitrogen and oxygen atoms in total. The minimum Gasteiger partial charge on any atom is -0.481 e. The first-order valence-electron chi connectivity index (χ1n) is 23.1. The third kappa shape index (κ3) is 7.28. The van der Waals surface area contributed by atoms with Gasteiger partial charge in [-0.05, 0) is 109 Å². The van der Waals surface area contributed by atoms with Crippen molar-refractivity contribution in [2.45, 2.75) is 199 Å². The summed E-state index contributed by atoms with van der Waals surface area (Å²) in [4.78, 5) is 13.1. The van der Waals surface area contributed by atoms with E-state index in [9.17, 15) is 50.8 Å². The molecule has 9 N–H and O–H groups in total. The van der Waals surface area contributed by atoms with Crippen LogP contribution in [0.4, 0.5) is 0 Å². The molecule has 354 valence electrons. The number of carboxylic acid groups (broad SMARTS) is 1. The highest BCUT2D eigenvalue weighted by molar-refractivity contribution is 5.76. The second kappa shape index (κ2) is 16.5. The number of hydrogen-bond acceptors (Lipinski definition) is 15. The number of hydrogen-bond donors (Lipinski definition) is 9. The summed E-state index contributed by atoms with van der Waals surface area (Å²) in [6.45, 7) is 15.0. The first kappa shape index (κ1) is 47.2. The molecule has 3 heterocycles. The Balaban J connectivity index is 1.06. The molecular formula is C46H74O16. The Labute approximate surface area is 364 Å². The van der Waals surface area contributed by atoms with Crippen molar-refractivity contribution in [1.29, 1.82) is 0 Å². The zero-order valence-electron chi connectivity index (χ0n) is 37.5. The minimum absolute atomic E-state index is 0.0240. The summed E-state index contributed by atoms with van der Waals surface area (Å²) in [5.74, 6) is -0.0624. The average Bonchev–Trinajstić information content (AvgIpc) is 3.21. The highest BCUT2D eigenvalue weighted by atomic mass is 16.8. The molecule has 4 saturated carbocycles. The van der Waals surface area contributed by atoms with Crippen LogP contribution < -0.4 is 0 Å². The summed E-state index contributed by atoms with van der Waals surface area (Å²) in [5, 5.41) is 95.5. The van der Waals surface area contributed by atoms with Gasteiger partial charge in [0.05, 0.1) is 31.3 Å². The molecule has 0 spiro atoms. The van der Waals surface area contributed by atoms with Crippen LogP contribution in [0.5, 0.6) is 0 Å². The molecule has 5 aliphatic carbocycles. The van der Waals surface area contributed by atoms with Gasteiger partial charge in [-0.3, -0.25) is 4.79 Å². The minimum atomic E-state index is -1.80. The third-order valence-electron chi connectivity index (χ3n) is 18.6. The molecule has 8 rings (SSSR count). The Morgan fingerprint density at radius 3 is 2.03 bits per heavy atom. The van der Waals surface area contributed by atoms with Crippen molar-refractivity contribution in [2.75, 3.05) is 19.8 Å². The number of aliphatic hydroxyl groups excluding tert-OH is 8. The number of allylic oxidation sites excluding steroid dienone is 2. The van der Waals surface area contributed by atoms with Crippen molar-refractivity contribution in [2.24, 2.45) is 50.2 Å². The first-order chi connectivity index (χ1) is 29.0. The fourth-order valence-corrected chi connectivity index (χ4v) is 14.6. The number of carbonyl (C=O) groups is 1. The number of aliphatic carboxylic acids is 1. The van der Waals surface area contributed by atoms with Crippen LogP contribution in [0.25, 0.3) is 0 Å². The maximum Gasteiger partial charge on any atom is 0.310 e. The van der Waals surface area contributed by atoms with Crippen molar-refractivity contribution < 1.29 is 79.2 Å². The zero-order valence-corrected chi connectivity index (χ0v) is 37.5. The van der Waals surface area contributed by atoms with E-state index in [4.69, 9.17) is 28.4 Å². The van der Waals surface area contributed by atoms with Crippen molar-refractivity contribution in [3.63, 3.8) is 0 Å². The van der Waals surface area contributed by atoms with E-state index in [1.165, 1.54) is 5.57 Å². The van der Waals surface area contributed by atoms with Crippen LogP contribution in [0.2, 0.25) is 0 Å². The summed E-state index contributed by atoms with van der Waals surface area (Å²) in [7, 11) is 0. The number of ether oxygens (including phenoxy) is 6. The molecule has 0 aromatic heterocycles. The number of carboxylic acids is 1. The van der Waals surface area contributed by atoms with Gasteiger partial charge >= 0.3 is 5.97 Å². The maximum atomic E-state index is 13.1. The molecule has 7 fully saturated rings. The second-order valence-electron chi connectivity index (χ2n) is 22.6. The molecule has 62 heavy (non-hydrogen) atoms. The van der Waals surface area contributed by atoms with E-state index in [0.29, 0.717) is 18.8 Å². The maximum absolute atomic E-state index is 13.1. The van der Waals surface area contributed by atoms with Crippen molar-refractivity contribution in [3.05, 3.63) is 11.6 Å². The SMILES string of the molecule is CC1(C)CC[C@]2(C(=O)O)CC[C@]3(C)C(=CC[C@@H]4[C@@]5(C)CC[C@H](O[C@@H]6OC[C@H](O)[C@H](O[C@@H]7OC[C@H](O)[C@H](O)[C@H]7O)[C@H]6O[C@@H]6O[C@H](CO)[C@@H](O)[C@H](O)[C@H]6O)C(C)(C)[C@@H]5CC[C@]43C)[C@@H]2C1. The van der Waals surface area contributed by atoms with E-state index >= 15 is 0 Å². The Morgan fingerprint density at radius 1 is 0.694 bits per heavy atom. The van der Waals surface area contributed by atoms with Gasteiger partial charge in [-0.1, -0.05) is 60.1 Å². The van der Waals surface area contributed by atoms with Gasteiger partial charge in [-0.15, -0.1) is 0 Å². The monoisotopic (exact) mass is 882 g/mol. The lowest BCUT2D eigenvalue weighted by Gasteiger charge is -2.71. The van der Waals surface area contributed by atoms with Crippen LogP contribution in [-0.4, -0.2) is 158 Å². The molecule has 8 aliphatic rings. The molecule has 0 radical (unpaired) electrons. The lowest BCUT2D eigenvalue weighted by Crippen LogP contribution is -2.66. The van der Waals surface area contributed by atoms with E-state index in [1.54, 1.807) is 0 Å². The summed E-state index contributed by atoms with van der Waals surface area (Å²) in [6, 6.07) is 0. The smallest absolute Gasteiger partial charge is 0.310 e. The van der Waals surface area contributed by atoms with Crippen molar-refractivity contribution >= 4 is 5.97 Å². The molecule has 21 atom stereocenters. The molecule has 0 aromatic carbocycles. The molecule has 0 bridgehead atoms. The third-order valence-corrected chi connectivity index (χ3v) is 18.6. The van der Waals surface area contributed by atoms with Crippen molar-refractivity contribution in [3.8, 4) is 0 Å².